The Balaban J connectivity index is 2.04. The number of ether oxygens (including phenoxy) is 1. The summed E-state index contributed by atoms with van der Waals surface area (Å²) in [5.41, 5.74) is 4.46. The van der Waals surface area contributed by atoms with Gasteiger partial charge in [0.25, 0.3) is 0 Å². The van der Waals surface area contributed by atoms with Crippen molar-refractivity contribution in [3.05, 3.63) is 59.4 Å². The summed E-state index contributed by atoms with van der Waals surface area (Å²) in [7, 11) is 1.65. The van der Waals surface area contributed by atoms with Gasteiger partial charge in [0.05, 0.1) is 12.8 Å². The quantitative estimate of drug-likeness (QED) is 0.574. The highest BCUT2D eigenvalue weighted by molar-refractivity contribution is 5.76. The molecule has 0 atom stereocenters. The Hall–Kier alpha value is -2.56. The molecule has 0 aliphatic rings. The van der Waals surface area contributed by atoms with Crippen LogP contribution in [0.1, 0.15) is 42.8 Å². The molecule has 0 aliphatic heterocycles. The van der Waals surface area contributed by atoms with Gasteiger partial charge in [0.1, 0.15) is 5.75 Å². The van der Waals surface area contributed by atoms with E-state index >= 15 is 0 Å². The molecule has 1 aromatic carbocycles. The molecule has 1 amide bonds. The molecule has 1 aromatic heterocycles. The van der Waals surface area contributed by atoms with Gasteiger partial charge in [0.2, 0.25) is 5.91 Å². The molecule has 2 rings (SSSR count). The van der Waals surface area contributed by atoms with Crippen LogP contribution < -0.4 is 4.74 Å². The molecule has 0 saturated carbocycles. The average molecular weight is 384 g/mol. The van der Waals surface area contributed by atoms with E-state index in [1.54, 1.807) is 13.2 Å². The summed E-state index contributed by atoms with van der Waals surface area (Å²) in [4.78, 5) is 14.7. The molecule has 0 saturated heterocycles. The first kappa shape index (κ1) is 21.7. The van der Waals surface area contributed by atoms with Crippen molar-refractivity contribution in [1.29, 1.82) is 0 Å². The van der Waals surface area contributed by atoms with Crippen molar-refractivity contribution in [3.63, 3.8) is 0 Å². The van der Waals surface area contributed by atoms with E-state index in [9.17, 15) is 4.79 Å². The van der Waals surface area contributed by atoms with Crippen LogP contribution in [0.15, 0.2) is 36.9 Å². The molecule has 0 bridgehead atoms. The molecule has 5 heteroatoms. The second kappa shape index (κ2) is 10.1. The van der Waals surface area contributed by atoms with Crippen LogP contribution in [0.5, 0.6) is 5.75 Å². The molecule has 0 fully saturated rings. The maximum atomic E-state index is 12.9. The van der Waals surface area contributed by atoms with E-state index < -0.39 is 0 Å². The molecule has 152 valence electrons. The summed E-state index contributed by atoms with van der Waals surface area (Å²) in [5.74, 6) is 1.49. The molecular formula is C23H33N3O2. The first-order chi connectivity index (χ1) is 13.3. The van der Waals surface area contributed by atoms with E-state index in [4.69, 9.17) is 4.74 Å². The summed E-state index contributed by atoms with van der Waals surface area (Å²) in [6, 6.07) is 7.82. The molecule has 28 heavy (non-hydrogen) atoms. The minimum absolute atomic E-state index is 0.131. The highest BCUT2D eigenvalue weighted by atomic mass is 16.5. The van der Waals surface area contributed by atoms with E-state index in [0.29, 0.717) is 31.8 Å². The number of aromatic nitrogens is 2. The fraction of sp³-hybridized carbons (Fsp3) is 0.478. The van der Waals surface area contributed by atoms with E-state index in [-0.39, 0.29) is 5.91 Å². The van der Waals surface area contributed by atoms with Crippen molar-refractivity contribution in [3.8, 4) is 5.75 Å². The molecule has 0 aliphatic carbocycles. The Morgan fingerprint density at radius 3 is 2.54 bits per heavy atom. The molecule has 0 spiro atoms. The Bertz CT molecular complexity index is 791. The molecule has 0 N–H and O–H groups in total. The Labute approximate surface area is 169 Å². The van der Waals surface area contributed by atoms with Gasteiger partial charge in [-0.1, -0.05) is 32.1 Å². The van der Waals surface area contributed by atoms with Crippen LogP contribution in [0.25, 0.3) is 0 Å². The SMILES string of the molecule is C=CCN(Cc1ccc(OC)cc1)C(=O)CCc1c(C)nn(CC(C)C)c1C. The zero-order chi connectivity index (χ0) is 20.7. The summed E-state index contributed by atoms with van der Waals surface area (Å²) in [6.45, 7) is 14.3. The van der Waals surface area contributed by atoms with Crippen LogP contribution in [-0.2, 0) is 24.3 Å². The number of nitrogens with zero attached hydrogens (tertiary/aromatic N) is 3. The molecule has 0 radical (unpaired) electrons. The van der Waals surface area contributed by atoms with Crippen LogP contribution in [0.4, 0.5) is 0 Å². The monoisotopic (exact) mass is 383 g/mol. The van der Waals surface area contributed by atoms with Crippen molar-refractivity contribution < 1.29 is 9.53 Å². The summed E-state index contributed by atoms with van der Waals surface area (Å²) >= 11 is 0. The van der Waals surface area contributed by atoms with Gasteiger partial charge in [0.15, 0.2) is 0 Å². The van der Waals surface area contributed by atoms with E-state index in [1.807, 2.05) is 36.1 Å². The third-order valence-electron chi connectivity index (χ3n) is 4.89. The number of hydrogen-bond acceptors (Lipinski definition) is 3. The van der Waals surface area contributed by atoms with Gasteiger partial charge in [-0.3, -0.25) is 9.48 Å². The normalized spacial score (nSPS) is 10.9. The van der Waals surface area contributed by atoms with Crippen LogP contribution in [0, 0.1) is 19.8 Å². The first-order valence-electron chi connectivity index (χ1n) is 9.90. The number of carbonyl (C=O) groups is 1. The van der Waals surface area contributed by atoms with Gasteiger partial charge in [-0.25, -0.2) is 0 Å². The summed E-state index contributed by atoms with van der Waals surface area (Å²) in [6.07, 6.45) is 2.96. The fourth-order valence-corrected chi connectivity index (χ4v) is 3.37. The Morgan fingerprint density at radius 1 is 1.29 bits per heavy atom. The lowest BCUT2D eigenvalue weighted by Gasteiger charge is -2.21. The lowest BCUT2D eigenvalue weighted by atomic mass is 10.1. The van der Waals surface area contributed by atoms with Gasteiger partial charge >= 0.3 is 0 Å². The second-order valence-corrected chi connectivity index (χ2v) is 7.64. The van der Waals surface area contributed by atoms with E-state index in [2.05, 4.69) is 37.1 Å². The zero-order valence-electron chi connectivity index (χ0n) is 17.9. The average Bonchev–Trinajstić information content (AvgIpc) is 2.92. The maximum Gasteiger partial charge on any atom is 0.223 e. The minimum Gasteiger partial charge on any atom is -0.497 e. The topological polar surface area (TPSA) is 47.4 Å². The number of rotatable bonds is 10. The maximum absolute atomic E-state index is 12.9. The van der Waals surface area contributed by atoms with Crippen LogP contribution in [0.2, 0.25) is 0 Å². The molecule has 1 heterocycles. The number of methoxy groups -OCH3 is 1. The van der Waals surface area contributed by atoms with Crippen LogP contribution in [-0.4, -0.2) is 34.2 Å². The third kappa shape index (κ3) is 5.72. The van der Waals surface area contributed by atoms with E-state index in [0.717, 1.165) is 23.6 Å². The number of hydrogen-bond donors (Lipinski definition) is 0. The van der Waals surface area contributed by atoms with Gasteiger partial charge in [-0.2, -0.15) is 5.10 Å². The van der Waals surface area contributed by atoms with Crippen molar-refractivity contribution in [2.75, 3.05) is 13.7 Å². The molecular weight excluding hydrogens is 350 g/mol. The lowest BCUT2D eigenvalue weighted by Crippen LogP contribution is -2.31. The van der Waals surface area contributed by atoms with Crippen molar-refractivity contribution in [1.82, 2.24) is 14.7 Å². The first-order valence-corrected chi connectivity index (χ1v) is 9.90. The van der Waals surface area contributed by atoms with Crippen LogP contribution >= 0.6 is 0 Å². The predicted octanol–water partition coefficient (Wildman–Crippen LogP) is 4.31. The van der Waals surface area contributed by atoms with Gasteiger partial charge in [-0.15, -0.1) is 6.58 Å². The minimum atomic E-state index is 0.131. The van der Waals surface area contributed by atoms with Gasteiger partial charge in [-0.05, 0) is 49.4 Å². The largest absolute Gasteiger partial charge is 0.497 e. The Morgan fingerprint density at radius 2 is 1.96 bits per heavy atom. The van der Waals surface area contributed by atoms with E-state index in [1.165, 1.54) is 11.3 Å². The predicted molar refractivity (Wildman–Crippen MR) is 113 cm³/mol. The van der Waals surface area contributed by atoms with Gasteiger partial charge < -0.3 is 9.64 Å². The molecule has 2 aromatic rings. The molecule has 0 unspecified atom stereocenters. The standard InChI is InChI=1S/C23H33N3O2/c1-7-14-25(16-20-8-10-21(28-6)11-9-20)23(27)13-12-22-18(4)24-26(19(22)5)15-17(2)3/h7-11,17H,1,12-16H2,2-6H3. The fourth-order valence-electron chi connectivity index (χ4n) is 3.37. The number of benzene rings is 1. The number of aryl methyl sites for hydroxylation is 1. The number of carbonyl (C=O) groups excluding carboxylic acids is 1. The second-order valence-electron chi connectivity index (χ2n) is 7.64. The number of amides is 1. The van der Waals surface area contributed by atoms with Gasteiger partial charge in [0, 0.05) is 31.7 Å². The zero-order valence-corrected chi connectivity index (χ0v) is 17.9. The van der Waals surface area contributed by atoms with Crippen LogP contribution in [0.3, 0.4) is 0 Å². The smallest absolute Gasteiger partial charge is 0.223 e. The lowest BCUT2D eigenvalue weighted by molar-refractivity contribution is -0.131. The third-order valence-corrected chi connectivity index (χ3v) is 4.89. The summed E-state index contributed by atoms with van der Waals surface area (Å²) in [5, 5.41) is 4.66. The molecule has 5 nitrogen and oxygen atoms in total. The highest BCUT2D eigenvalue weighted by Crippen LogP contribution is 2.18. The summed E-state index contributed by atoms with van der Waals surface area (Å²) < 4.78 is 7.27. The Kier molecular flexibility index (Phi) is 7.85. The highest BCUT2D eigenvalue weighted by Gasteiger charge is 2.17. The van der Waals surface area contributed by atoms with Crippen molar-refractivity contribution in [2.45, 2.75) is 53.6 Å². The van der Waals surface area contributed by atoms with Crippen molar-refractivity contribution >= 4 is 5.91 Å². The van der Waals surface area contributed by atoms with Crippen molar-refractivity contribution in [2.24, 2.45) is 5.92 Å².